The monoisotopic (exact) mass is 360 g/mol. The van der Waals surface area contributed by atoms with E-state index in [1.165, 1.54) is 20.0 Å². The van der Waals surface area contributed by atoms with Crippen LogP contribution in [0.4, 0.5) is 0 Å². The van der Waals surface area contributed by atoms with Gasteiger partial charge < -0.3 is 4.74 Å². The molecular weight excluding hydrogens is 340 g/mol. The Morgan fingerprint density at radius 3 is 2.68 bits per heavy atom. The van der Waals surface area contributed by atoms with Gasteiger partial charge >= 0.3 is 5.97 Å². The number of carbonyl (C=O) groups excluding carboxylic acids is 1. The summed E-state index contributed by atoms with van der Waals surface area (Å²) in [7, 11) is 3.09. The Bertz CT molecular complexity index is 927. The molecule has 0 saturated heterocycles. The van der Waals surface area contributed by atoms with Crippen molar-refractivity contribution in [2.75, 3.05) is 14.2 Å². The standard InChI is InChI=1S/C18H21ClN4O2/c1-10-8-14-13(9-12(10)18(24)25-3)22-15(19)16(20)23(14)17(21-2)11-6-4-5-7-11/h8-9,11,20H,4-7H2,1-3H3. The topological polar surface area (TPSA) is 80.3 Å². The van der Waals surface area contributed by atoms with E-state index < -0.39 is 5.97 Å². The van der Waals surface area contributed by atoms with Crippen molar-refractivity contribution in [3.63, 3.8) is 0 Å². The van der Waals surface area contributed by atoms with Crippen LogP contribution in [0.2, 0.25) is 5.15 Å². The van der Waals surface area contributed by atoms with Crippen molar-refractivity contribution in [2.45, 2.75) is 32.6 Å². The number of aromatic nitrogens is 2. The highest BCUT2D eigenvalue weighted by Gasteiger charge is 2.25. The van der Waals surface area contributed by atoms with Crippen molar-refractivity contribution < 1.29 is 9.53 Å². The molecule has 0 bridgehead atoms. The van der Waals surface area contributed by atoms with Crippen LogP contribution in [-0.4, -0.2) is 35.5 Å². The van der Waals surface area contributed by atoms with E-state index in [9.17, 15) is 4.79 Å². The third-order valence-electron chi connectivity index (χ3n) is 4.78. The molecule has 0 unspecified atom stereocenters. The Morgan fingerprint density at radius 2 is 2.08 bits per heavy atom. The summed E-state index contributed by atoms with van der Waals surface area (Å²) in [5.41, 5.74) is 2.60. The smallest absolute Gasteiger partial charge is 0.338 e. The number of esters is 1. The third kappa shape index (κ3) is 3.06. The fraction of sp³-hybridized carbons (Fsp3) is 0.444. The van der Waals surface area contributed by atoms with Crippen molar-refractivity contribution in [1.82, 2.24) is 9.55 Å². The van der Waals surface area contributed by atoms with Gasteiger partial charge in [0.05, 0.1) is 23.7 Å². The van der Waals surface area contributed by atoms with Crippen LogP contribution >= 0.6 is 11.6 Å². The molecule has 2 aromatic rings. The number of aliphatic imine (C=N–C) groups is 1. The molecule has 3 rings (SSSR count). The van der Waals surface area contributed by atoms with Gasteiger partial charge in [-0.3, -0.25) is 15.0 Å². The number of carbonyl (C=O) groups is 1. The second kappa shape index (κ2) is 6.96. The molecule has 132 valence electrons. The number of hydrogen-bond acceptors (Lipinski definition) is 5. The molecule has 7 heteroatoms. The zero-order valence-corrected chi connectivity index (χ0v) is 15.4. The van der Waals surface area contributed by atoms with Gasteiger partial charge in [0, 0.05) is 13.0 Å². The van der Waals surface area contributed by atoms with Crippen LogP contribution in [-0.2, 0) is 4.74 Å². The molecule has 1 fully saturated rings. The largest absolute Gasteiger partial charge is 0.465 e. The fourth-order valence-corrected chi connectivity index (χ4v) is 3.71. The Labute approximate surface area is 151 Å². The zero-order valence-electron chi connectivity index (χ0n) is 14.6. The number of nitrogens with one attached hydrogen (secondary N) is 1. The number of nitrogens with zero attached hydrogens (tertiary/aromatic N) is 3. The average Bonchev–Trinajstić information content (AvgIpc) is 3.12. The summed E-state index contributed by atoms with van der Waals surface area (Å²) in [5.74, 6) is 0.724. The van der Waals surface area contributed by atoms with Gasteiger partial charge in [0.1, 0.15) is 5.84 Å². The molecule has 0 spiro atoms. The molecule has 0 aliphatic heterocycles. The Balaban J connectivity index is 2.30. The zero-order chi connectivity index (χ0) is 18.1. The SMILES string of the molecule is CN=C(C1CCCC1)n1c(=N)c(Cl)nc2cc(C(=O)OC)c(C)cc21. The van der Waals surface area contributed by atoms with E-state index in [2.05, 4.69) is 9.98 Å². The van der Waals surface area contributed by atoms with Crippen molar-refractivity contribution in [3.05, 3.63) is 33.9 Å². The first-order valence-corrected chi connectivity index (χ1v) is 8.68. The van der Waals surface area contributed by atoms with Crippen molar-refractivity contribution in [3.8, 4) is 0 Å². The summed E-state index contributed by atoms with van der Waals surface area (Å²) in [6, 6.07) is 3.52. The number of fused-ring (bicyclic) bond motifs is 1. The lowest BCUT2D eigenvalue weighted by molar-refractivity contribution is 0.0600. The lowest BCUT2D eigenvalue weighted by Crippen LogP contribution is -2.33. The Kier molecular flexibility index (Phi) is 4.90. The molecule has 1 aliphatic rings. The van der Waals surface area contributed by atoms with E-state index in [1.54, 1.807) is 17.7 Å². The van der Waals surface area contributed by atoms with Crippen molar-refractivity contribution in [2.24, 2.45) is 10.9 Å². The molecule has 25 heavy (non-hydrogen) atoms. The first-order chi connectivity index (χ1) is 12.0. The van der Waals surface area contributed by atoms with Crippen LogP contribution in [0.5, 0.6) is 0 Å². The number of rotatable bonds is 2. The van der Waals surface area contributed by atoms with Gasteiger partial charge in [-0.15, -0.1) is 0 Å². The van der Waals surface area contributed by atoms with Crippen molar-refractivity contribution >= 4 is 34.4 Å². The van der Waals surface area contributed by atoms with Crippen LogP contribution in [0, 0.1) is 18.3 Å². The van der Waals surface area contributed by atoms with Gasteiger partial charge in [-0.25, -0.2) is 9.78 Å². The number of benzene rings is 1. The van der Waals surface area contributed by atoms with Crippen LogP contribution in [0.25, 0.3) is 11.0 Å². The van der Waals surface area contributed by atoms with E-state index in [1.807, 2.05) is 13.0 Å². The van der Waals surface area contributed by atoms with E-state index in [-0.39, 0.29) is 10.6 Å². The van der Waals surface area contributed by atoms with Gasteiger partial charge in [-0.1, -0.05) is 24.4 Å². The van der Waals surface area contributed by atoms with Gasteiger partial charge in [0.15, 0.2) is 10.6 Å². The molecule has 1 heterocycles. The van der Waals surface area contributed by atoms with Crippen LogP contribution in [0.15, 0.2) is 17.1 Å². The van der Waals surface area contributed by atoms with Gasteiger partial charge in [-0.2, -0.15) is 0 Å². The maximum Gasteiger partial charge on any atom is 0.338 e. The third-order valence-corrected chi connectivity index (χ3v) is 5.05. The number of ether oxygens (including phenoxy) is 1. The van der Waals surface area contributed by atoms with E-state index in [0.717, 1.165) is 29.8 Å². The van der Waals surface area contributed by atoms with Gasteiger partial charge in [-0.05, 0) is 37.5 Å². The lowest BCUT2D eigenvalue weighted by atomic mass is 10.0. The second-order valence-electron chi connectivity index (χ2n) is 6.30. The molecule has 0 atom stereocenters. The Hall–Kier alpha value is -2.21. The molecule has 0 radical (unpaired) electrons. The summed E-state index contributed by atoms with van der Waals surface area (Å²) in [6.45, 7) is 1.84. The second-order valence-corrected chi connectivity index (χ2v) is 6.66. The average molecular weight is 361 g/mol. The van der Waals surface area contributed by atoms with Crippen molar-refractivity contribution in [1.29, 1.82) is 5.41 Å². The highest BCUT2D eigenvalue weighted by molar-refractivity contribution is 6.29. The van der Waals surface area contributed by atoms with Crippen LogP contribution < -0.4 is 5.49 Å². The minimum Gasteiger partial charge on any atom is -0.465 e. The normalized spacial score (nSPS) is 15.8. The summed E-state index contributed by atoms with van der Waals surface area (Å²) in [5, 5.41) is 8.51. The fourth-order valence-electron chi connectivity index (χ4n) is 3.54. The van der Waals surface area contributed by atoms with Crippen LogP contribution in [0.1, 0.15) is 41.6 Å². The van der Waals surface area contributed by atoms with E-state index in [4.69, 9.17) is 21.7 Å². The first kappa shape index (κ1) is 17.6. The summed E-state index contributed by atoms with van der Waals surface area (Å²) < 4.78 is 6.61. The molecule has 1 N–H and O–H groups in total. The first-order valence-electron chi connectivity index (χ1n) is 8.30. The molecule has 0 amide bonds. The summed E-state index contributed by atoms with van der Waals surface area (Å²) in [6.07, 6.45) is 4.44. The number of aryl methyl sites for hydroxylation is 1. The molecule has 1 saturated carbocycles. The molecule has 1 aromatic carbocycles. The molecule has 6 nitrogen and oxygen atoms in total. The molecular formula is C18H21ClN4O2. The maximum atomic E-state index is 12.0. The van der Waals surface area contributed by atoms with Gasteiger partial charge in [0.2, 0.25) is 0 Å². The van der Waals surface area contributed by atoms with E-state index in [0.29, 0.717) is 17.0 Å². The summed E-state index contributed by atoms with van der Waals surface area (Å²) in [4.78, 5) is 20.7. The molecule has 1 aromatic heterocycles. The van der Waals surface area contributed by atoms with Gasteiger partial charge in [0.25, 0.3) is 0 Å². The molecule has 1 aliphatic carbocycles. The number of methoxy groups -OCH3 is 1. The Morgan fingerprint density at radius 1 is 1.40 bits per heavy atom. The highest BCUT2D eigenvalue weighted by Crippen LogP contribution is 2.28. The van der Waals surface area contributed by atoms with E-state index >= 15 is 0 Å². The number of halogens is 1. The number of hydrogen-bond donors (Lipinski definition) is 1. The van der Waals surface area contributed by atoms with Crippen LogP contribution in [0.3, 0.4) is 0 Å². The predicted octanol–water partition coefficient (Wildman–Crippen LogP) is 3.33. The summed E-state index contributed by atoms with van der Waals surface area (Å²) >= 11 is 6.22. The minimum absolute atomic E-state index is 0.0892. The maximum absolute atomic E-state index is 12.0. The lowest BCUT2D eigenvalue weighted by Gasteiger charge is -2.19. The minimum atomic E-state index is -0.418. The highest BCUT2D eigenvalue weighted by atomic mass is 35.5. The quantitative estimate of drug-likeness (QED) is 0.506. The predicted molar refractivity (Wildman–Crippen MR) is 97.4 cm³/mol.